The smallest absolute Gasteiger partial charge is 0.271 e. The van der Waals surface area contributed by atoms with Gasteiger partial charge in [-0.05, 0) is 49.4 Å². The highest BCUT2D eigenvalue weighted by molar-refractivity contribution is 7.94. The van der Waals surface area contributed by atoms with E-state index in [-0.39, 0.29) is 4.21 Å². The zero-order valence-corrected chi connectivity index (χ0v) is 19.8. The molecule has 164 valence electrons. The lowest BCUT2D eigenvalue weighted by atomic mass is 10.1. The molecule has 0 unspecified atom stereocenters. The van der Waals surface area contributed by atoms with E-state index < -0.39 is 15.6 Å². The number of nitrogens with two attached hydrogens (primary N) is 1. The number of hydrogen-bond acceptors (Lipinski definition) is 6. The molecular formula is C21H21Cl2N3O3S2. The quantitative estimate of drug-likeness (QED) is 0.405. The van der Waals surface area contributed by atoms with Crippen LogP contribution >= 0.6 is 34.5 Å². The summed E-state index contributed by atoms with van der Waals surface area (Å²) in [6.07, 6.45) is 0.833. The first-order chi connectivity index (χ1) is 14.7. The first-order valence-corrected chi connectivity index (χ1v) is 12.6. The van der Waals surface area contributed by atoms with Crippen LogP contribution in [0.5, 0.6) is 5.75 Å². The van der Waals surface area contributed by atoms with Crippen molar-refractivity contribution < 1.29 is 13.2 Å². The molecule has 4 rings (SSSR count). The summed E-state index contributed by atoms with van der Waals surface area (Å²) in [4.78, 5) is 0. The van der Waals surface area contributed by atoms with Gasteiger partial charge in [-0.2, -0.15) is 0 Å². The molecule has 2 aromatic carbocycles. The maximum absolute atomic E-state index is 13.0. The molecule has 0 radical (unpaired) electrons. The summed E-state index contributed by atoms with van der Waals surface area (Å²) >= 11 is 13.6. The maximum atomic E-state index is 13.0. The molecule has 2 heterocycles. The van der Waals surface area contributed by atoms with Crippen LogP contribution in [-0.4, -0.2) is 27.1 Å². The van der Waals surface area contributed by atoms with Crippen molar-refractivity contribution in [1.82, 2.24) is 5.32 Å². The van der Waals surface area contributed by atoms with Crippen molar-refractivity contribution in [3.63, 3.8) is 0 Å². The molecule has 0 bridgehead atoms. The molecule has 0 saturated carbocycles. The number of anilines is 2. The number of halogens is 2. The zero-order chi connectivity index (χ0) is 22.2. The molecule has 4 N–H and O–H groups in total. The standard InChI is InChI=1S/C21H21Cl2N3O3S2/c1-21(7-8-25-12-21)29-18-10-15(5-6-17(18)22)26-31(27,28)19-11-16(20(23)30-19)13-3-2-4-14(24)9-13/h2-6,9-11,25-26H,7-8,12,24H2,1H3/t21-/m1/s1. The van der Waals surface area contributed by atoms with Crippen LogP contribution < -0.4 is 20.5 Å². The lowest BCUT2D eigenvalue weighted by molar-refractivity contribution is 0.111. The Bertz CT molecular complexity index is 1220. The Hall–Kier alpha value is -1.97. The van der Waals surface area contributed by atoms with Crippen LogP contribution in [0.15, 0.2) is 52.7 Å². The van der Waals surface area contributed by atoms with E-state index in [4.69, 9.17) is 33.7 Å². The molecule has 3 aromatic rings. The van der Waals surface area contributed by atoms with Gasteiger partial charge in [0.2, 0.25) is 0 Å². The Morgan fingerprint density at radius 1 is 1.19 bits per heavy atom. The fourth-order valence-corrected chi connectivity index (χ4v) is 6.35. The minimum Gasteiger partial charge on any atom is -0.485 e. The molecule has 0 amide bonds. The van der Waals surface area contributed by atoms with Gasteiger partial charge < -0.3 is 15.8 Å². The molecule has 0 spiro atoms. The molecule has 1 aliphatic rings. The van der Waals surface area contributed by atoms with Gasteiger partial charge in [-0.1, -0.05) is 35.3 Å². The van der Waals surface area contributed by atoms with E-state index >= 15 is 0 Å². The van der Waals surface area contributed by atoms with E-state index in [2.05, 4.69) is 10.0 Å². The molecule has 6 nitrogen and oxygen atoms in total. The molecule has 1 aliphatic heterocycles. The van der Waals surface area contributed by atoms with Crippen molar-refractivity contribution in [3.8, 4) is 16.9 Å². The predicted octanol–water partition coefficient (Wildman–Crippen LogP) is 5.24. The highest BCUT2D eigenvalue weighted by atomic mass is 35.5. The van der Waals surface area contributed by atoms with Crippen LogP contribution in [0.4, 0.5) is 11.4 Å². The van der Waals surface area contributed by atoms with Crippen LogP contribution in [-0.2, 0) is 10.0 Å². The lowest BCUT2D eigenvalue weighted by Crippen LogP contribution is -2.34. The van der Waals surface area contributed by atoms with E-state index in [1.165, 1.54) is 0 Å². The Morgan fingerprint density at radius 3 is 2.71 bits per heavy atom. The molecule has 1 saturated heterocycles. The molecule has 1 aromatic heterocycles. The fraction of sp³-hybridized carbons (Fsp3) is 0.238. The number of nitrogens with one attached hydrogen (secondary N) is 2. The fourth-order valence-electron chi connectivity index (χ4n) is 3.38. The van der Waals surface area contributed by atoms with E-state index in [0.29, 0.717) is 38.6 Å². The Kier molecular flexibility index (Phi) is 6.11. The Labute approximate surface area is 195 Å². The number of benzene rings is 2. The summed E-state index contributed by atoms with van der Waals surface area (Å²) in [7, 11) is -3.86. The van der Waals surface area contributed by atoms with Gasteiger partial charge >= 0.3 is 0 Å². The average molecular weight is 498 g/mol. The van der Waals surface area contributed by atoms with Crippen LogP contribution in [0.2, 0.25) is 9.36 Å². The predicted molar refractivity (Wildman–Crippen MR) is 128 cm³/mol. The normalized spacial score (nSPS) is 18.8. The minimum absolute atomic E-state index is 0.0966. The van der Waals surface area contributed by atoms with Gasteiger partial charge in [0.25, 0.3) is 10.0 Å². The summed E-state index contributed by atoms with van der Waals surface area (Å²) in [6, 6.07) is 13.5. The molecule has 10 heteroatoms. The number of rotatable bonds is 6. The number of nitrogen functional groups attached to an aromatic ring is 1. The van der Waals surface area contributed by atoms with Crippen molar-refractivity contribution in [2.75, 3.05) is 23.5 Å². The third-order valence-corrected chi connectivity index (χ3v) is 8.52. The van der Waals surface area contributed by atoms with Crippen LogP contribution in [0.3, 0.4) is 0 Å². The molecular weight excluding hydrogens is 477 g/mol. The highest BCUT2D eigenvalue weighted by Gasteiger charge is 2.31. The number of thiophene rings is 1. The van der Waals surface area contributed by atoms with E-state index in [9.17, 15) is 8.42 Å². The number of sulfonamides is 1. The van der Waals surface area contributed by atoms with Gasteiger partial charge in [-0.25, -0.2) is 8.42 Å². The second kappa shape index (κ2) is 8.52. The van der Waals surface area contributed by atoms with Crippen molar-refractivity contribution >= 4 is 55.9 Å². The van der Waals surface area contributed by atoms with E-state index in [0.717, 1.165) is 29.9 Å². The second-order valence-electron chi connectivity index (χ2n) is 7.61. The number of hydrogen-bond donors (Lipinski definition) is 3. The van der Waals surface area contributed by atoms with Crippen LogP contribution in [0.1, 0.15) is 13.3 Å². The third kappa shape index (κ3) is 4.94. The Balaban J connectivity index is 1.59. The third-order valence-electron chi connectivity index (χ3n) is 5.00. The topological polar surface area (TPSA) is 93.5 Å². The van der Waals surface area contributed by atoms with Crippen molar-refractivity contribution in [1.29, 1.82) is 0 Å². The van der Waals surface area contributed by atoms with Gasteiger partial charge in [0.05, 0.1) is 10.7 Å². The van der Waals surface area contributed by atoms with Gasteiger partial charge in [0.15, 0.2) is 0 Å². The van der Waals surface area contributed by atoms with Crippen LogP contribution in [0.25, 0.3) is 11.1 Å². The lowest BCUT2D eigenvalue weighted by Gasteiger charge is -2.25. The van der Waals surface area contributed by atoms with Gasteiger partial charge in [-0.3, -0.25) is 4.72 Å². The summed E-state index contributed by atoms with van der Waals surface area (Å²) in [5, 5.41) is 3.67. The molecule has 0 aliphatic carbocycles. The first-order valence-electron chi connectivity index (χ1n) is 9.53. The number of ether oxygens (including phenoxy) is 1. The van der Waals surface area contributed by atoms with Crippen molar-refractivity contribution in [2.24, 2.45) is 0 Å². The van der Waals surface area contributed by atoms with Gasteiger partial charge in [0, 0.05) is 30.3 Å². The zero-order valence-electron chi connectivity index (χ0n) is 16.6. The van der Waals surface area contributed by atoms with E-state index in [1.807, 2.05) is 13.0 Å². The van der Waals surface area contributed by atoms with Gasteiger partial charge in [-0.15, -0.1) is 11.3 Å². The second-order valence-corrected chi connectivity index (χ2v) is 11.6. The van der Waals surface area contributed by atoms with Crippen molar-refractivity contribution in [2.45, 2.75) is 23.2 Å². The minimum atomic E-state index is -3.86. The largest absolute Gasteiger partial charge is 0.485 e. The molecule has 1 fully saturated rings. The SMILES string of the molecule is C[C@@]1(Oc2cc(NS(=O)(=O)c3cc(-c4cccc(N)c4)c(Cl)s3)ccc2Cl)CCNC1. The van der Waals surface area contributed by atoms with E-state index in [1.54, 1.807) is 42.5 Å². The average Bonchev–Trinajstić information content (AvgIpc) is 3.31. The molecule has 31 heavy (non-hydrogen) atoms. The maximum Gasteiger partial charge on any atom is 0.271 e. The first kappa shape index (κ1) is 22.2. The summed E-state index contributed by atoms with van der Waals surface area (Å²) in [5.74, 6) is 0.428. The van der Waals surface area contributed by atoms with Crippen LogP contribution in [0, 0.1) is 0 Å². The Morgan fingerprint density at radius 2 is 2.00 bits per heavy atom. The summed E-state index contributed by atoms with van der Waals surface area (Å²) in [6.45, 7) is 3.54. The summed E-state index contributed by atoms with van der Waals surface area (Å²) in [5.41, 5.74) is 7.73. The van der Waals surface area contributed by atoms with Crippen molar-refractivity contribution in [3.05, 3.63) is 57.9 Å². The highest BCUT2D eigenvalue weighted by Crippen LogP contribution is 2.39. The molecule has 1 atom stereocenters. The summed E-state index contributed by atoms with van der Waals surface area (Å²) < 4.78 is 35.1. The van der Waals surface area contributed by atoms with Gasteiger partial charge in [0.1, 0.15) is 19.9 Å². The monoisotopic (exact) mass is 497 g/mol.